The molecule has 0 bridgehead atoms. The molecule has 1 aromatic carbocycles. The number of hydrogen-bond donors (Lipinski definition) is 5. The molecule has 1 aliphatic heterocycles. The summed E-state index contributed by atoms with van der Waals surface area (Å²) >= 11 is 0. The van der Waals surface area contributed by atoms with E-state index in [0.29, 0.717) is 31.4 Å². The predicted octanol–water partition coefficient (Wildman–Crippen LogP) is 4.60. The normalized spacial score (nSPS) is 15.6. The highest BCUT2D eigenvalue weighted by Crippen LogP contribution is 2.19. The number of phenolic OH excluding ortho intramolecular Hbond substituents is 1. The highest BCUT2D eigenvalue weighted by Gasteiger charge is 2.36. The molecule has 0 aromatic heterocycles. The molecule has 11 heteroatoms. The summed E-state index contributed by atoms with van der Waals surface area (Å²) in [4.78, 5) is 64.0. The Kier molecular flexibility index (Phi) is 18.4. The maximum absolute atomic E-state index is 13.1. The molecule has 0 spiro atoms. The van der Waals surface area contributed by atoms with Crippen molar-refractivity contribution in [3.63, 3.8) is 0 Å². The second-order valence-corrected chi connectivity index (χ2v) is 12.5. The molecule has 5 N–H and O–H groups in total. The summed E-state index contributed by atoms with van der Waals surface area (Å²) in [6.45, 7) is 3.78. The number of unbranched alkanes of at least 4 members (excludes halogenated alkanes) is 12. The number of likely N-dealkylation sites (tertiary alicyclic amines) is 1. The number of rotatable bonds is 23. The number of nitrogens with one attached hydrogen (secondary N) is 3. The van der Waals surface area contributed by atoms with Crippen molar-refractivity contribution in [2.75, 3.05) is 13.1 Å². The number of amides is 4. The van der Waals surface area contributed by atoms with Gasteiger partial charge in [0, 0.05) is 19.4 Å². The molecule has 2 unspecified atom stereocenters. The maximum Gasteiger partial charge on any atom is 0.326 e. The van der Waals surface area contributed by atoms with Gasteiger partial charge in [-0.05, 0) is 43.9 Å². The van der Waals surface area contributed by atoms with E-state index in [1.165, 1.54) is 81.2 Å². The summed E-state index contributed by atoms with van der Waals surface area (Å²) in [5, 5.41) is 26.6. The summed E-state index contributed by atoms with van der Waals surface area (Å²) in [6, 6.07) is 3.22. The van der Waals surface area contributed by atoms with E-state index in [4.69, 9.17) is 0 Å². The lowest BCUT2D eigenvalue weighted by atomic mass is 10.0. The van der Waals surface area contributed by atoms with Gasteiger partial charge in [-0.2, -0.15) is 0 Å². The van der Waals surface area contributed by atoms with Crippen molar-refractivity contribution >= 4 is 29.6 Å². The minimum Gasteiger partial charge on any atom is -0.508 e. The van der Waals surface area contributed by atoms with E-state index in [0.717, 1.165) is 19.3 Å². The molecule has 11 nitrogen and oxygen atoms in total. The summed E-state index contributed by atoms with van der Waals surface area (Å²) in [5.74, 6) is -2.89. The Balaban J connectivity index is 1.64. The Bertz CT molecular complexity index is 1090. The molecule has 4 amide bonds. The quantitative estimate of drug-likeness (QED) is 0.109. The summed E-state index contributed by atoms with van der Waals surface area (Å²) < 4.78 is 0. The van der Waals surface area contributed by atoms with E-state index in [1.807, 2.05) is 0 Å². The SMILES string of the molecule is CCCCCCCCCCCCCCCC(=O)NC(C)C(=O)N1CCC[C@H]1C(=O)NCC(=O)NC(Cc1ccc(O)cc1)C(=O)O. The van der Waals surface area contributed by atoms with Gasteiger partial charge in [-0.15, -0.1) is 0 Å². The van der Waals surface area contributed by atoms with E-state index in [-0.39, 0.29) is 24.0 Å². The molecule has 46 heavy (non-hydrogen) atoms. The summed E-state index contributed by atoms with van der Waals surface area (Å²) in [7, 11) is 0. The highest BCUT2D eigenvalue weighted by molar-refractivity contribution is 5.94. The zero-order valence-electron chi connectivity index (χ0n) is 27.9. The molecule has 1 heterocycles. The fourth-order valence-corrected chi connectivity index (χ4v) is 5.83. The number of carboxylic acid groups (broad SMARTS) is 1. The molecule has 0 radical (unpaired) electrons. The number of carbonyl (C=O) groups is 5. The maximum atomic E-state index is 13.1. The van der Waals surface area contributed by atoms with E-state index in [2.05, 4.69) is 22.9 Å². The van der Waals surface area contributed by atoms with Crippen molar-refractivity contribution in [2.45, 2.75) is 141 Å². The third-order valence-electron chi connectivity index (χ3n) is 8.53. The first kappa shape index (κ1) is 38.6. The van der Waals surface area contributed by atoms with Crippen molar-refractivity contribution in [2.24, 2.45) is 0 Å². The number of nitrogens with zero attached hydrogens (tertiary/aromatic N) is 1. The second kappa shape index (κ2) is 22.0. The fraction of sp³-hybridized carbons (Fsp3) is 0.686. The van der Waals surface area contributed by atoms with E-state index >= 15 is 0 Å². The summed E-state index contributed by atoms with van der Waals surface area (Å²) in [5.41, 5.74) is 0.611. The van der Waals surface area contributed by atoms with Crippen LogP contribution >= 0.6 is 0 Å². The highest BCUT2D eigenvalue weighted by atomic mass is 16.4. The number of aromatic hydroxyl groups is 1. The van der Waals surface area contributed by atoms with Gasteiger partial charge in [0.1, 0.15) is 23.9 Å². The number of hydrogen-bond acceptors (Lipinski definition) is 6. The van der Waals surface area contributed by atoms with Gasteiger partial charge in [-0.25, -0.2) is 4.79 Å². The van der Waals surface area contributed by atoms with Gasteiger partial charge < -0.3 is 31.1 Å². The van der Waals surface area contributed by atoms with E-state index in [9.17, 15) is 34.2 Å². The molecule has 0 aliphatic carbocycles. The predicted molar refractivity (Wildman–Crippen MR) is 177 cm³/mol. The number of phenols is 1. The number of benzene rings is 1. The average molecular weight is 645 g/mol. The van der Waals surface area contributed by atoms with Gasteiger partial charge in [-0.3, -0.25) is 19.2 Å². The molecule has 0 saturated carbocycles. The molecule has 3 atom stereocenters. The molecule has 1 aromatic rings. The van der Waals surface area contributed by atoms with Crippen molar-refractivity contribution in [1.29, 1.82) is 0 Å². The topological polar surface area (TPSA) is 165 Å². The number of aliphatic carboxylic acids is 1. The number of carboxylic acids is 1. The Morgan fingerprint density at radius 1 is 0.826 bits per heavy atom. The van der Waals surface area contributed by atoms with Crippen LogP contribution in [0.3, 0.4) is 0 Å². The molecule has 258 valence electrons. The van der Waals surface area contributed by atoms with E-state index in [1.54, 1.807) is 19.1 Å². The molecular weight excluding hydrogens is 588 g/mol. The third kappa shape index (κ3) is 15.1. The van der Waals surface area contributed by atoms with Crippen LogP contribution in [0.25, 0.3) is 0 Å². The van der Waals surface area contributed by atoms with Crippen LogP contribution in [-0.2, 0) is 30.4 Å². The Morgan fingerprint density at radius 3 is 1.96 bits per heavy atom. The monoisotopic (exact) mass is 644 g/mol. The fourth-order valence-electron chi connectivity index (χ4n) is 5.83. The van der Waals surface area contributed by atoms with Crippen molar-refractivity contribution in [3.05, 3.63) is 29.8 Å². The first-order chi connectivity index (χ1) is 22.1. The lowest BCUT2D eigenvalue weighted by Crippen LogP contribution is -2.54. The van der Waals surface area contributed by atoms with Crippen LogP contribution < -0.4 is 16.0 Å². The molecule has 1 saturated heterocycles. The van der Waals surface area contributed by atoms with Crippen LogP contribution in [0.2, 0.25) is 0 Å². The van der Waals surface area contributed by atoms with Gasteiger partial charge >= 0.3 is 5.97 Å². The zero-order valence-corrected chi connectivity index (χ0v) is 27.9. The number of carbonyl (C=O) groups excluding carboxylic acids is 4. The zero-order chi connectivity index (χ0) is 33.7. The van der Waals surface area contributed by atoms with Gasteiger partial charge in [0.05, 0.1) is 6.54 Å². The molecule has 1 aliphatic rings. The van der Waals surface area contributed by atoms with Crippen molar-refractivity contribution in [1.82, 2.24) is 20.9 Å². The Labute approximate surface area is 274 Å². The van der Waals surface area contributed by atoms with Crippen LogP contribution in [0.1, 0.15) is 122 Å². The largest absolute Gasteiger partial charge is 0.508 e. The third-order valence-corrected chi connectivity index (χ3v) is 8.53. The first-order valence-corrected chi connectivity index (χ1v) is 17.3. The lowest BCUT2D eigenvalue weighted by Gasteiger charge is -2.27. The van der Waals surface area contributed by atoms with Gasteiger partial charge in [0.2, 0.25) is 23.6 Å². The second-order valence-electron chi connectivity index (χ2n) is 12.5. The van der Waals surface area contributed by atoms with E-state index < -0.39 is 42.5 Å². The Morgan fingerprint density at radius 2 is 1.39 bits per heavy atom. The average Bonchev–Trinajstić information content (AvgIpc) is 3.52. The molecule has 2 rings (SSSR count). The van der Waals surface area contributed by atoms with Crippen molar-refractivity contribution < 1.29 is 34.2 Å². The molecule has 1 fully saturated rings. The van der Waals surface area contributed by atoms with Crippen molar-refractivity contribution in [3.8, 4) is 5.75 Å². The minimum absolute atomic E-state index is 0.00314. The Hall–Kier alpha value is -3.63. The van der Waals surface area contributed by atoms with Crippen LogP contribution in [0, 0.1) is 0 Å². The minimum atomic E-state index is -1.23. The van der Waals surface area contributed by atoms with Crippen LogP contribution in [-0.4, -0.2) is 75.9 Å². The van der Waals surface area contributed by atoms with Gasteiger partial charge in [0.15, 0.2) is 0 Å². The van der Waals surface area contributed by atoms with Gasteiger partial charge in [-0.1, -0.05) is 96.1 Å². The summed E-state index contributed by atoms with van der Waals surface area (Å²) in [6.07, 6.45) is 17.3. The van der Waals surface area contributed by atoms with Gasteiger partial charge in [0.25, 0.3) is 0 Å². The molecular formula is C35H56N4O7. The van der Waals surface area contributed by atoms with Crippen LogP contribution in [0.4, 0.5) is 0 Å². The first-order valence-electron chi connectivity index (χ1n) is 17.3. The van der Waals surface area contributed by atoms with Crippen LogP contribution in [0.15, 0.2) is 24.3 Å². The smallest absolute Gasteiger partial charge is 0.326 e. The van der Waals surface area contributed by atoms with Crippen LogP contribution in [0.5, 0.6) is 5.75 Å². The standard InChI is InChI=1S/C35H56N4O7/c1-3-4-5-6-7-8-9-10-11-12-13-14-15-18-31(41)37-26(2)34(44)39-23-16-17-30(39)33(43)36-25-32(42)38-29(35(45)46)24-27-19-21-28(40)22-20-27/h19-22,26,29-30,40H,3-18,23-25H2,1-2H3,(H,36,43)(H,37,41)(H,38,42)(H,45,46)/t26?,29?,30-/m0/s1. The lowest BCUT2D eigenvalue weighted by molar-refractivity contribution is -0.142.